The van der Waals surface area contributed by atoms with Crippen LogP contribution in [0.1, 0.15) is 11.3 Å². The number of hydrogen-bond donors (Lipinski definition) is 0. The van der Waals surface area contributed by atoms with Gasteiger partial charge in [-0.25, -0.2) is 8.91 Å². The van der Waals surface area contributed by atoms with E-state index in [0.717, 1.165) is 16.9 Å². The van der Waals surface area contributed by atoms with Crippen LogP contribution in [0.2, 0.25) is 0 Å². The molecule has 0 aliphatic rings. The van der Waals surface area contributed by atoms with Crippen molar-refractivity contribution in [3.05, 3.63) is 88.2 Å². The topological polar surface area (TPSA) is 83.5 Å². The summed E-state index contributed by atoms with van der Waals surface area (Å²) < 4.78 is 27.2. The lowest BCUT2D eigenvalue weighted by Crippen LogP contribution is -2.22. The Kier molecular flexibility index (Phi) is 5.77. The van der Waals surface area contributed by atoms with Gasteiger partial charge in [0, 0.05) is 19.9 Å². The van der Waals surface area contributed by atoms with Crippen molar-refractivity contribution in [2.45, 2.75) is 19.6 Å². The molecule has 0 radical (unpaired) electrons. The van der Waals surface area contributed by atoms with Crippen molar-refractivity contribution in [1.82, 2.24) is 24.4 Å². The first-order valence-electron chi connectivity index (χ1n) is 10.7. The number of hydrogen-bond acceptors (Lipinski definition) is 6. The third-order valence-electron chi connectivity index (χ3n) is 5.74. The van der Waals surface area contributed by atoms with E-state index in [4.69, 9.17) is 9.47 Å². The fourth-order valence-corrected chi connectivity index (χ4v) is 4.00. The molecule has 0 saturated carbocycles. The standard InChI is InChI=1S/C25H22FN5O3/c1-33-15-20-22(17-5-7-18(26)8-6-17)24-28-27-23-21(31(24)29-20)12-14-30(25(23)32)13-11-16-3-9-19(34-2)10-4-16/h3-10,12,14H,11,13,15H2,1-2H3. The van der Waals surface area contributed by atoms with E-state index in [1.807, 2.05) is 30.3 Å². The summed E-state index contributed by atoms with van der Waals surface area (Å²) in [5, 5.41) is 13.2. The highest BCUT2D eigenvalue weighted by molar-refractivity contribution is 5.84. The zero-order chi connectivity index (χ0) is 23.7. The summed E-state index contributed by atoms with van der Waals surface area (Å²) >= 11 is 0. The second-order valence-electron chi connectivity index (χ2n) is 7.84. The molecule has 2 aromatic carbocycles. The van der Waals surface area contributed by atoms with Crippen molar-refractivity contribution < 1.29 is 13.9 Å². The molecule has 0 N–H and O–H groups in total. The summed E-state index contributed by atoms with van der Waals surface area (Å²) in [4.78, 5) is 13.2. The molecule has 0 fully saturated rings. The Hall–Kier alpha value is -4.11. The van der Waals surface area contributed by atoms with Gasteiger partial charge in [0.2, 0.25) is 0 Å². The molecule has 0 unspecified atom stereocenters. The molecule has 0 aliphatic heterocycles. The van der Waals surface area contributed by atoms with Crippen molar-refractivity contribution in [1.29, 1.82) is 0 Å². The Balaban J connectivity index is 1.55. The number of aromatic nitrogens is 5. The van der Waals surface area contributed by atoms with E-state index in [0.29, 0.717) is 35.4 Å². The van der Waals surface area contributed by atoms with E-state index in [-0.39, 0.29) is 23.5 Å². The van der Waals surface area contributed by atoms with Gasteiger partial charge < -0.3 is 14.0 Å². The predicted molar refractivity (Wildman–Crippen MR) is 125 cm³/mol. The van der Waals surface area contributed by atoms with Gasteiger partial charge in [0.05, 0.1) is 25.0 Å². The summed E-state index contributed by atoms with van der Waals surface area (Å²) in [6.45, 7) is 0.728. The fraction of sp³-hybridized carbons (Fsp3) is 0.200. The smallest absolute Gasteiger partial charge is 0.280 e. The summed E-state index contributed by atoms with van der Waals surface area (Å²) in [6, 6.07) is 15.6. The van der Waals surface area contributed by atoms with Crippen LogP contribution < -0.4 is 10.3 Å². The van der Waals surface area contributed by atoms with E-state index in [2.05, 4.69) is 15.3 Å². The molecule has 0 amide bonds. The number of nitrogens with zero attached hydrogens (tertiary/aromatic N) is 5. The molecule has 0 aliphatic carbocycles. The molecule has 9 heteroatoms. The van der Waals surface area contributed by atoms with Crippen LogP contribution >= 0.6 is 0 Å². The maximum Gasteiger partial charge on any atom is 0.280 e. The van der Waals surface area contributed by atoms with Gasteiger partial charge in [0.25, 0.3) is 5.56 Å². The van der Waals surface area contributed by atoms with Gasteiger partial charge in [-0.05, 0) is 47.9 Å². The molecule has 3 aromatic heterocycles. The Labute approximate surface area is 194 Å². The Morgan fingerprint density at radius 2 is 1.74 bits per heavy atom. The minimum Gasteiger partial charge on any atom is -0.497 e. The highest BCUT2D eigenvalue weighted by Gasteiger charge is 2.19. The molecular formula is C25H22FN5O3. The fourth-order valence-electron chi connectivity index (χ4n) is 4.00. The molecule has 34 heavy (non-hydrogen) atoms. The van der Waals surface area contributed by atoms with Crippen molar-refractivity contribution >= 4 is 16.7 Å². The lowest BCUT2D eigenvalue weighted by atomic mass is 10.1. The van der Waals surface area contributed by atoms with Gasteiger partial charge in [-0.3, -0.25) is 4.79 Å². The van der Waals surface area contributed by atoms with Crippen LogP contribution in [-0.4, -0.2) is 38.6 Å². The normalized spacial score (nSPS) is 11.4. The van der Waals surface area contributed by atoms with Crippen LogP contribution in [-0.2, 0) is 24.3 Å². The first-order valence-corrected chi connectivity index (χ1v) is 10.7. The van der Waals surface area contributed by atoms with E-state index in [9.17, 15) is 9.18 Å². The lowest BCUT2D eigenvalue weighted by molar-refractivity contribution is 0.181. The zero-order valence-electron chi connectivity index (χ0n) is 18.7. The van der Waals surface area contributed by atoms with E-state index < -0.39 is 0 Å². The quantitative estimate of drug-likeness (QED) is 0.370. The molecule has 0 bridgehead atoms. The molecule has 3 heterocycles. The van der Waals surface area contributed by atoms with Crippen LogP contribution in [0, 0.1) is 5.82 Å². The summed E-state index contributed by atoms with van der Waals surface area (Å²) in [7, 11) is 3.20. The number of methoxy groups -OCH3 is 2. The van der Waals surface area contributed by atoms with Gasteiger partial charge in [-0.1, -0.05) is 24.3 Å². The van der Waals surface area contributed by atoms with Crippen LogP contribution in [0.3, 0.4) is 0 Å². The Morgan fingerprint density at radius 3 is 2.44 bits per heavy atom. The monoisotopic (exact) mass is 459 g/mol. The molecule has 5 rings (SSSR count). The highest BCUT2D eigenvalue weighted by Crippen LogP contribution is 2.29. The van der Waals surface area contributed by atoms with Crippen molar-refractivity contribution in [3.63, 3.8) is 0 Å². The number of benzene rings is 2. The second kappa shape index (κ2) is 9.03. The zero-order valence-corrected chi connectivity index (χ0v) is 18.7. The van der Waals surface area contributed by atoms with Crippen molar-refractivity contribution in [3.8, 4) is 16.9 Å². The number of ether oxygens (including phenoxy) is 2. The highest BCUT2D eigenvalue weighted by atomic mass is 19.1. The number of halogens is 1. The first kappa shape index (κ1) is 21.7. The number of pyridine rings is 1. The van der Waals surface area contributed by atoms with Crippen LogP contribution in [0.15, 0.2) is 65.6 Å². The minimum absolute atomic E-state index is 0.224. The average molecular weight is 459 g/mol. The van der Waals surface area contributed by atoms with Gasteiger partial charge in [0.15, 0.2) is 11.2 Å². The van der Waals surface area contributed by atoms with Crippen LogP contribution in [0.25, 0.3) is 27.8 Å². The average Bonchev–Trinajstić information content (AvgIpc) is 3.23. The molecule has 172 valence electrons. The number of rotatable bonds is 7. The first-order chi connectivity index (χ1) is 16.6. The van der Waals surface area contributed by atoms with E-state index in [1.54, 1.807) is 41.6 Å². The molecular weight excluding hydrogens is 437 g/mol. The van der Waals surface area contributed by atoms with Gasteiger partial charge >= 0.3 is 0 Å². The van der Waals surface area contributed by atoms with Crippen molar-refractivity contribution in [2.75, 3.05) is 14.2 Å². The number of aryl methyl sites for hydroxylation is 2. The summed E-state index contributed by atoms with van der Waals surface area (Å²) in [5.41, 5.74) is 4.15. The lowest BCUT2D eigenvalue weighted by Gasteiger charge is -2.08. The maximum atomic E-state index is 13.5. The third kappa shape index (κ3) is 3.90. The van der Waals surface area contributed by atoms with Crippen LogP contribution in [0.5, 0.6) is 5.75 Å². The molecule has 0 saturated heterocycles. The van der Waals surface area contributed by atoms with Gasteiger partial charge in [-0.15, -0.1) is 10.2 Å². The molecule has 5 aromatic rings. The largest absolute Gasteiger partial charge is 0.497 e. The van der Waals surface area contributed by atoms with Crippen LogP contribution in [0.4, 0.5) is 4.39 Å². The molecule has 0 spiro atoms. The molecule has 0 atom stereocenters. The summed E-state index contributed by atoms with van der Waals surface area (Å²) in [6.07, 6.45) is 2.42. The second-order valence-corrected chi connectivity index (χ2v) is 7.84. The third-order valence-corrected chi connectivity index (χ3v) is 5.74. The molecule has 8 nitrogen and oxygen atoms in total. The Morgan fingerprint density at radius 1 is 0.971 bits per heavy atom. The van der Waals surface area contributed by atoms with Gasteiger partial charge in [0.1, 0.15) is 17.1 Å². The van der Waals surface area contributed by atoms with E-state index in [1.165, 1.54) is 12.1 Å². The predicted octanol–water partition coefficient (Wildman–Crippen LogP) is 3.64. The van der Waals surface area contributed by atoms with E-state index >= 15 is 0 Å². The van der Waals surface area contributed by atoms with Gasteiger partial charge in [-0.2, -0.15) is 5.10 Å². The summed E-state index contributed by atoms with van der Waals surface area (Å²) in [5.74, 6) is 0.457. The number of fused-ring (bicyclic) bond motifs is 3. The minimum atomic E-state index is -0.333. The SMILES string of the molecule is COCc1nn2c(nnc3c(=O)n(CCc4ccc(OC)cc4)ccc32)c1-c1ccc(F)cc1. The van der Waals surface area contributed by atoms with Crippen molar-refractivity contribution in [2.24, 2.45) is 0 Å². The maximum absolute atomic E-state index is 13.5. The Bertz CT molecular complexity index is 1530.